The highest BCUT2D eigenvalue weighted by molar-refractivity contribution is 6.14. The van der Waals surface area contributed by atoms with Crippen molar-refractivity contribution in [3.05, 3.63) is 64.9 Å². The third kappa shape index (κ3) is 3.14. The standard InChI is InChI=1S/C20H20O3/c1-4-22-16-9-10-17-18(12-16)23-19(20(17)21)11-14-5-7-15(8-6-14)13(2)3/h5-13H,4H2,1-3H3. The number of hydrogen-bond donors (Lipinski definition) is 0. The van der Waals surface area contributed by atoms with Gasteiger partial charge in [-0.15, -0.1) is 0 Å². The molecule has 1 aliphatic rings. The molecule has 3 rings (SSSR count). The fourth-order valence-electron chi connectivity index (χ4n) is 2.55. The Bertz CT molecular complexity index is 755. The number of carbonyl (C=O) groups is 1. The third-order valence-corrected chi connectivity index (χ3v) is 3.85. The van der Waals surface area contributed by atoms with Crippen LogP contribution in [-0.4, -0.2) is 12.4 Å². The van der Waals surface area contributed by atoms with E-state index in [0.717, 1.165) is 5.56 Å². The van der Waals surface area contributed by atoms with Crippen LogP contribution in [0.4, 0.5) is 0 Å². The summed E-state index contributed by atoms with van der Waals surface area (Å²) >= 11 is 0. The molecule has 1 aliphatic heterocycles. The molecule has 0 saturated heterocycles. The molecule has 0 unspecified atom stereocenters. The largest absolute Gasteiger partial charge is 0.494 e. The van der Waals surface area contributed by atoms with Crippen molar-refractivity contribution >= 4 is 11.9 Å². The highest BCUT2D eigenvalue weighted by atomic mass is 16.5. The van der Waals surface area contributed by atoms with E-state index in [9.17, 15) is 4.79 Å². The molecule has 2 aromatic carbocycles. The lowest BCUT2D eigenvalue weighted by Gasteiger charge is -2.05. The first-order valence-corrected chi connectivity index (χ1v) is 7.89. The number of rotatable bonds is 4. The van der Waals surface area contributed by atoms with Crippen LogP contribution in [0.25, 0.3) is 6.08 Å². The van der Waals surface area contributed by atoms with Crippen molar-refractivity contribution in [1.82, 2.24) is 0 Å². The van der Waals surface area contributed by atoms with Crippen LogP contribution < -0.4 is 9.47 Å². The van der Waals surface area contributed by atoms with Crippen LogP contribution >= 0.6 is 0 Å². The second-order valence-corrected chi connectivity index (χ2v) is 5.85. The molecule has 23 heavy (non-hydrogen) atoms. The molecule has 0 spiro atoms. The summed E-state index contributed by atoms with van der Waals surface area (Å²) in [6.45, 7) is 6.82. The first kappa shape index (κ1) is 15.3. The van der Waals surface area contributed by atoms with E-state index in [1.54, 1.807) is 24.3 Å². The number of hydrogen-bond acceptors (Lipinski definition) is 3. The summed E-state index contributed by atoms with van der Waals surface area (Å²) < 4.78 is 11.2. The summed E-state index contributed by atoms with van der Waals surface area (Å²) in [5, 5.41) is 0. The minimum Gasteiger partial charge on any atom is -0.494 e. The maximum atomic E-state index is 12.4. The van der Waals surface area contributed by atoms with Crippen molar-refractivity contribution in [2.24, 2.45) is 0 Å². The van der Waals surface area contributed by atoms with Crippen LogP contribution in [0, 0.1) is 0 Å². The van der Waals surface area contributed by atoms with E-state index in [1.807, 2.05) is 19.1 Å². The average molecular weight is 308 g/mol. The Balaban J connectivity index is 1.85. The lowest BCUT2D eigenvalue weighted by atomic mass is 10.0. The zero-order chi connectivity index (χ0) is 16.4. The minimum atomic E-state index is -0.0871. The fourth-order valence-corrected chi connectivity index (χ4v) is 2.55. The van der Waals surface area contributed by atoms with Gasteiger partial charge in [-0.25, -0.2) is 0 Å². The monoisotopic (exact) mass is 308 g/mol. The van der Waals surface area contributed by atoms with E-state index < -0.39 is 0 Å². The Morgan fingerprint density at radius 3 is 2.52 bits per heavy atom. The van der Waals surface area contributed by atoms with E-state index in [0.29, 0.717) is 35.3 Å². The highest BCUT2D eigenvalue weighted by Crippen LogP contribution is 2.34. The van der Waals surface area contributed by atoms with E-state index in [2.05, 4.69) is 26.0 Å². The number of ether oxygens (including phenoxy) is 2. The molecule has 1 heterocycles. The SMILES string of the molecule is CCOc1ccc2c(c1)OC(=Cc1ccc(C(C)C)cc1)C2=O. The normalized spacial score (nSPS) is 15.0. The summed E-state index contributed by atoms with van der Waals surface area (Å²) in [5.41, 5.74) is 2.81. The van der Waals surface area contributed by atoms with Gasteiger partial charge in [-0.3, -0.25) is 4.79 Å². The molecule has 0 N–H and O–H groups in total. The highest BCUT2D eigenvalue weighted by Gasteiger charge is 2.27. The molecule has 0 amide bonds. The Morgan fingerprint density at radius 1 is 1.13 bits per heavy atom. The Labute approximate surface area is 136 Å². The van der Waals surface area contributed by atoms with E-state index >= 15 is 0 Å². The zero-order valence-electron chi connectivity index (χ0n) is 13.6. The van der Waals surface area contributed by atoms with Crippen molar-refractivity contribution in [1.29, 1.82) is 0 Å². The number of Topliss-reactive ketones (excluding diaryl/α,β-unsaturated/α-hetero) is 1. The molecule has 0 radical (unpaired) electrons. The summed E-state index contributed by atoms with van der Waals surface area (Å²) in [7, 11) is 0. The lowest BCUT2D eigenvalue weighted by Crippen LogP contribution is -1.98. The van der Waals surface area contributed by atoms with Crippen LogP contribution in [0.15, 0.2) is 48.2 Å². The van der Waals surface area contributed by atoms with Gasteiger partial charge in [-0.1, -0.05) is 38.1 Å². The van der Waals surface area contributed by atoms with Crippen molar-refractivity contribution in [2.75, 3.05) is 6.61 Å². The van der Waals surface area contributed by atoms with Gasteiger partial charge >= 0.3 is 0 Å². The Morgan fingerprint density at radius 2 is 1.87 bits per heavy atom. The molecule has 0 saturated carbocycles. The molecule has 0 bridgehead atoms. The number of benzene rings is 2. The minimum absolute atomic E-state index is 0.0871. The topological polar surface area (TPSA) is 35.5 Å². The van der Waals surface area contributed by atoms with Gasteiger partial charge in [0.15, 0.2) is 5.76 Å². The first-order chi connectivity index (χ1) is 11.1. The van der Waals surface area contributed by atoms with Crippen molar-refractivity contribution in [2.45, 2.75) is 26.7 Å². The van der Waals surface area contributed by atoms with Gasteiger partial charge < -0.3 is 9.47 Å². The first-order valence-electron chi connectivity index (χ1n) is 7.89. The summed E-state index contributed by atoms with van der Waals surface area (Å²) in [5.74, 6) is 2.02. The van der Waals surface area contributed by atoms with Crippen molar-refractivity contribution in [3.8, 4) is 11.5 Å². The molecule has 0 aliphatic carbocycles. The molecule has 2 aromatic rings. The van der Waals surface area contributed by atoms with Crippen molar-refractivity contribution < 1.29 is 14.3 Å². The van der Waals surface area contributed by atoms with Gasteiger partial charge in [-0.05, 0) is 42.2 Å². The molecule has 3 heteroatoms. The molecular formula is C20H20O3. The second-order valence-electron chi connectivity index (χ2n) is 5.85. The van der Waals surface area contributed by atoms with Gasteiger partial charge in [0.05, 0.1) is 12.2 Å². The van der Waals surface area contributed by atoms with Crippen molar-refractivity contribution in [3.63, 3.8) is 0 Å². The third-order valence-electron chi connectivity index (χ3n) is 3.85. The van der Waals surface area contributed by atoms with Gasteiger partial charge in [-0.2, -0.15) is 0 Å². The average Bonchev–Trinajstić information content (AvgIpc) is 2.84. The Kier molecular flexibility index (Phi) is 4.20. The summed E-state index contributed by atoms with van der Waals surface area (Å²) in [4.78, 5) is 12.4. The maximum absolute atomic E-state index is 12.4. The zero-order valence-corrected chi connectivity index (χ0v) is 13.6. The maximum Gasteiger partial charge on any atom is 0.231 e. The van der Waals surface area contributed by atoms with Crippen LogP contribution in [-0.2, 0) is 0 Å². The van der Waals surface area contributed by atoms with Gasteiger partial charge in [0.2, 0.25) is 5.78 Å². The second kappa shape index (κ2) is 6.29. The summed E-state index contributed by atoms with van der Waals surface area (Å²) in [6, 6.07) is 13.5. The quantitative estimate of drug-likeness (QED) is 0.759. The van der Waals surface area contributed by atoms with Gasteiger partial charge in [0.25, 0.3) is 0 Å². The molecule has 0 fully saturated rings. The molecule has 0 atom stereocenters. The lowest BCUT2D eigenvalue weighted by molar-refractivity contribution is 0.101. The Hall–Kier alpha value is -2.55. The van der Waals surface area contributed by atoms with E-state index in [1.165, 1.54) is 5.56 Å². The van der Waals surface area contributed by atoms with Crippen LogP contribution in [0.3, 0.4) is 0 Å². The van der Waals surface area contributed by atoms with E-state index in [-0.39, 0.29) is 5.78 Å². The van der Waals surface area contributed by atoms with Crippen LogP contribution in [0.5, 0.6) is 11.5 Å². The number of allylic oxidation sites excluding steroid dienone is 1. The molecule has 0 aromatic heterocycles. The van der Waals surface area contributed by atoms with E-state index in [4.69, 9.17) is 9.47 Å². The number of ketones is 1. The fraction of sp³-hybridized carbons (Fsp3) is 0.250. The predicted octanol–water partition coefficient (Wildman–Crippen LogP) is 4.82. The summed E-state index contributed by atoms with van der Waals surface area (Å²) in [6.07, 6.45) is 1.78. The molecule has 118 valence electrons. The smallest absolute Gasteiger partial charge is 0.231 e. The van der Waals surface area contributed by atoms with Gasteiger partial charge in [0.1, 0.15) is 11.5 Å². The predicted molar refractivity (Wildman–Crippen MR) is 91.1 cm³/mol. The number of fused-ring (bicyclic) bond motifs is 1. The van der Waals surface area contributed by atoms with Crippen LogP contribution in [0.1, 0.15) is 48.2 Å². The molecular weight excluding hydrogens is 288 g/mol. The molecule has 3 nitrogen and oxygen atoms in total. The van der Waals surface area contributed by atoms with Gasteiger partial charge in [0, 0.05) is 6.07 Å². The number of carbonyl (C=O) groups excluding carboxylic acids is 1. The van der Waals surface area contributed by atoms with Crippen LogP contribution in [0.2, 0.25) is 0 Å².